The number of hydrogen-bond acceptors (Lipinski definition) is 1. The molecule has 0 unspecified atom stereocenters. The van der Waals surface area contributed by atoms with Crippen molar-refractivity contribution in [1.29, 1.82) is 0 Å². The summed E-state index contributed by atoms with van der Waals surface area (Å²) < 4.78 is 8.59. The molecule has 6 aromatic carbocycles. The smallest absolute Gasteiger partial charge is 0.135 e. The van der Waals surface area contributed by atoms with Gasteiger partial charge in [-0.15, -0.1) is 0 Å². The molecule has 0 radical (unpaired) electrons. The minimum Gasteiger partial charge on any atom is -0.456 e. The van der Waals surface area contributed by atoms with Gasteiger partial charge in [-0.3, -0.25) is 0 Å². The zero-order valence-corrected chi connectivity index (χ0v) is 21.8. The Labute approximate surface area is 225 Å². The second kappa shape index (κ2) is 7.18. The van der Waals surface area contributed by atoms with Crippen LogP contribution < -0.4 is 0 Å². The van der Waals surface area contributed by atoms with Gasteiger partial charge >= 0.3 is 0 Å². The number of para-hydroxylation sites is 2. The highest BCUT2D eigenvalue weighted by Crippen LogP contribution is 2.55. The summed E-state index contributed by atoms with van der Waals surface area (Å²) in [6, 6.07) is 41.9. The summed E-state index contributed by atoms with van der Waals surface area (Å²) in [5, 5.41) is 7.54. The molecule has 2 heterocycles. The van der Waals surface area contributed by atoms with Crippen LogP contribution in [0.5, 0.6) is 0 Å². The lowest BCUT2D eigenvalue weighted by Crippen LogP contribution is -2.14. The molecule has 0 spiro atoms. The molecule has 0 atom stereocenters. The molecule has 0 fully saturated rings. The molecule has 8 aromatic rings. The second-order valence-corrected chi connectivity index (χ2v) is 11.3. The molecule has 2 heteroatoms. The Morgan fingerprint density at radius 3 is 2.13 bits per heavy atom. The molecule has 2 aromatic heterocycles. The van der Waals surface area contributed by atoms with E-state index in [1.54, 1.807) is 0 Å². The molecule has 0 bridgehead atoms. The van der Waals surface area contributed by atoms with Crippen LogP contribution in [-0.2, 0) is 5.41 Å². The van der Waals surface area contributed by atoms with Crippen molar-refractivity contribution in [1.82, 2.24) is 4.57 Å². The third-order valence-electron chi connectivity index (χ3n) is 8.98. The molecule has 1 aliphatic rings. The van der Waals surface area contributed by atoms with Crippen LogP contribution in [-0.4, -0.2) is 4.57 Å². The van der Waals surface area contributed by atoms with Crippen molar-refractivity contribution >= 4 is 54.5 Å². The fourth-order valence-corrected chi connectivity index (χ4v) is 7.18. The van der Waals surface area contributed by atoms with E-state index in [2.05, 4.69) is 122 Å². The average molecular weight is 500 g/mol. The minimum atomic E-state index is -0.0687. The van der Waals surface area contributed by atoms with E-state index in [0.29, 0.717) is 0 Å². The van der Waals surface area contributed by atoms with Crippen molar-refractivity contribution < 1.29 is 4.42 Å². The zero-order chi connectivity index (χ0) is 25.9. The summed E-state index contributed by atoms with van der Waals surface area (Å²) in [5.41, 5.74) is 11.0. The first-order valence-corrected chi connectivity index (χ1v) is 13.6. The number of nitrogens with zero attached hydrogens (tertiary/aromatic N) is 1. The van der Waals surface area contributed by atoms with Gasteiger partial charge in [0.25, 0.3) is 0 Å². The molecule has 0 saturated carbocycles. The van der Waals surface area contributed by atoms with Crippen LogP contribution in [0.1, 0.15) is 25.0 Å². The predicted molar refractivity (Wildman–Crippen MR) is 163 cm³/mol. The largest absolute Gasteiger partial charge is 0.456 e. The van der Waals surface area contributed by atoms with Crippen molar-refractivity contribution in [2.75, 3.05) is 0 Å². The van der Waals surface area contributed by atoms with Crippen molar-refractivity contribution in [2.45, 2.75) is 19.3 Å². The molecular weight excluding hydrogens is 474 g/mol. The van der Waals surface area contributed by atoms with E-state index in [0.717, 1.165) is 27.6 Å². The summed E-state index contributed by atoms with van der Waals surface area (Å²) in [5.74, 6) is 0. The normalized spacial score (nSPS) is 14.1. The molecule has 1 aliphatic carbocycles. The van der Waals surface area contributed by atoms with Crippen LogP contribution in [0.15, 0.2) is 120 Å². The fourth-order valence-electron chi connectivity index (χ4n) is 7.18. The predicted octanol–water partition coefficient (Wildman–Crippen LogP) is 10.1. The maximum atomic E-state index is 6.15. The number of furan rings is 1. The minimum absolute atomic E-state index is 0.0687. The van der Waals surface area contributed by atoms with Gasteiger partial charge in [0.2, 0.25) is 0 Å². The van der Waals surface area contributed by atoms with E-state index < -0.39 is 0 Å². The number of rotatable bonds is 1. The van der Waals surface area contributed by atoms with E-state index in [9.17, 15) is 0 Å². The van der Waals surface area contributed by atoms with Crippen molar-refractivity contribution in [3.63, 3.8) is 0 Å². The molecule has 0 amide bonds. The molecule has 0 saturated heterocycles. The lowest BCUT2D eigenvalue weighted by Gasteiger charge is -2.21. The van der Waals surface area contributed by atoms with E-state index >= 15 is 0 Å². The molecule has 0 N–H and O–H groups in total. The Morgan fingerprint density at radius 1 is 0.538 bits per heavy atom. The van der Waals surface area contributed by atoms with Crippen LogP contribution in [0.3, 0.4) is 0 Å². The molecule has 184 valence electrons. The third-order valence-corrected chi connectivity index (χ3v) is 8.98. The number of aromatic nitrogens is 1. The number of benzene rings is 6. The van der Waals surface area contributed by atoms with Crippen LogP contribution in [0, 0.1) is 0 Å². The fraction of sp³-hybridized carbons (Fsp3) is 0.0811. The van der Waals surface area contributed by atoms with Crippen molar-refractivity contribution in [3.05, 3.63) is 126 Å². The quantitative estimate of drug-likeness (QED) is 0.220. The molecular formula is C37H25NO. The van der Waals surface area contributed by atoms with Gasteiger partial charge in [0.1, 0.15) is 11.2 Å². The van der Waals surface area contributed by atoms with Gasteiger partial charge in [0.15, 0.2) is 0 Å². The van der Waals surface area contributed by atoms with Gasteiger partial charge in [-0.05, 0) is 69.4 Å². The summed E-state index contributed by atoms with van der Waals surface area (Å²) in [6.45, 7) is 4.74. The first-order chi connectivity index (χ1) is 19.1. The van der Waals surface area contributed by atoms with Crippen molar-refractivity contribution in [2.24, 2.45) is 0 Å². The monoisotopic (exact) mass is 499 g/mol. The van der Waals surface area contributed by atoms with Crippen LogP contribution in [0.25, 0.3) is 71.3 Å². The lowest BCUT2D eigenvalue weighted by atomic mass is 9.82. The van der Waals surface area contributed by atoms with Gasteiger partial charge in [-0.25, -0.2) is 0 Å². The van der Waals surface area contributed by atoms with E-state index in [-0.39, 0.29) is 5.41 Å². The van der Waals surface area contributed by atoms with Gasteiger partial charge in [-0.2, -0.15) is 0 Å². The zero-order valence-electron chi connectivity index (χ0n) is 21.8. The Kier molecular flexibility index (Phi) is 3.89. The van der Waals surface area contributed by atoms with Gasteiger partial charge in [0.05, 0.1) is 11.0 Å². The standard InChI is InChI=1S/C37H25NO/c1-37(2)28-17-15-22-9-3-4-10-24(22)34(28)36-29(37)18-19-31-35(36)26-12-5-7-13-30(26)38(31)23-16-20-33-27(21-23)25-11-6-8-14-32(25)39-33/h3-21H,1-2H3. The van der Waals surface area contributed by atoms with Gasteiger partial charge in [0, 0.05) is 32.6 Å². The molecule has 39 heavy (non-hydrogen) atoms. The number of fused-ring (bicyclic) bond motifs is 12. The van der Waals surface area contributed by atoms with Crippen LogP contribution in [0.2, 0.25) is 0 Å². The summed E-state index contributed by atoms with van der Waals surface area (Å²) in [7, 11) is 0. The SMILES string of the molecule is CC1(C)c2ccc3ccccc3c2-c2c1ccc1c2c2ccccc2n1-c1ccc2oc3ccccc3c2c1. The molecule has 0 aliphatic heterocycles. The van der Waals surface area contributed by atoms with Crippen molar-refractivity contribution in [3.8, 4) is 16.8 Å². The third kappa shape index (κ3) is 2.61. The molecule has 2 nitrogen and oxygen atoms in total. The Morgan fingerprint density at radius 2 is 1.23 bits per heavy atom. The van der Waals surface area contributed by atoms with Gasteiger partial charge in [-0.1, -0.05) is 92.7 Å². The maximum absolute atomic E-state index is 6.15. The second-order valence-electron chi connectivity index (χ2n) is 11.3. The Bertz CT molecular complexity index is 2310. The van der Waals surface area contributed by atoms with Crippen LogP contribution in [0.4, 0.5) is 0 Å². The highest BCUT2D eigenvalue weighted by atomic mass is 16.3. The first-order valence-electron chi connectivity index (χ1n) is 13.6. The summed E-state index contributed by atoms with van der Waals surface area (Å²) >= 11 is 0. The Balaban J connectivity index is 1.44. The van der Waals surface area contributed by atoms with E-state index in [1.165, 1.54) is 54.8 Å². The van der Waals surface area contributed by atoms with Crippen LogP contribution >= 0.6 is 0 Å². The van der Waals surface area contributed by atoms with Gasteiger partial charge < -0.3 is 8.98 Å². The summed E-state index contributed by atoms with van der Waals surface area (Å²) in [6.07, 6.45) is 0. The average Bonchev–Trinajstić information content (AvgIpc) is 3.58. The Hall–Kier alpha value is -4.82. The summed E-state index contributed by atoms with van der Waals surface area (Å²) in [4.78, 5) is 0. The topological polar surface area (TPSA) is 18.1 Å². The van der Waals surface area contributed by atoms with E-state index in [1.807, 2.05) is 12.1 Å². The highest BCUT2D eigenvalue weighted by molar-refractivity contribution is 6.21. The lowest BCUT2D eigenvalue weighted by molar-refractivity contribution is 0.661. The van der Waals surface area contributed by atoms with E-state index in [4.69, 9.17) is 4.42 Å². The number of hydrogen-bond donors (Lipinski definition) is 0. The highest BCUT2D eigenvalue weighted by Gasteiger charge is 2.38. The molecule has 9 rings (SSSR count). The first kappa shape index (κ1) is 21.2. The maximum Gasteiger partial charge on any atom is 0.135 e.